The van der Waals surface area contributed by atoms with Gasteiger partial charge < -0.3 is 15.2 Å². The van der Waals surface area contributed by atoms with Crippen molar-refractivity contribution in [1.82, 2.24) is 10.2 Å². The Bertz CT molecular complexity index is 263. The van der Waals surface area contributed by atoms with Crippen LogP contribution in [0.1, 0.15) is 33.1 Å². The van der Waals surface area contributed by atoms with Gasteiger partial charge in [-0.05, 0) is 38.3 Å². The second-order valence-corrected chi connectivity index (χ2v) is 6.20. The zero-order valence-electron chi connectivity index (χ0n) is 12.5. The predicted octanol–water partition coefficient (Wildman–Crippen LogP) is 1.09. The van der Waals surface area contributed by atoms with E-state index in [-0.39, 0.29) is 0 Å². The highest BCUT2D eigenvalue weighted by molar-refractivity contribution is 4.89. The number of aliphatic hydroxyl groups is 1. The minimum Gasteiger partial charge on any atom is -0.395 e. The standard InChI is InChI=1S/C15H30N2O2/c1-3-6-16-14-5-8-19-11-13(14)9-17-7-4-12(2)15(17)10-18/h12-16,18H,3-11H2,1-2H3. The van der Waals surface area contributed by atoms with Gasteiger partial charge in [-0.2, -0.15) is 0 Å². The molecular weight excluding hydrogens is 240 g/mol. The highest BCUT2D eigenvalue weighted by Crippen LogP contribution is 2.26. The van der Waals surface area contributed by atoms with E-state index in [1.165, 1.54) is 12.8 Å². The number of hydrogen-bond acceptors (Lipinski definition) is 4. The van der Waals surface area contributed by atoms with E-state index in [4.69, 9.17) is 4.74 Å². The zero-order valence-corrected chi connectivity index (χ0v) is 12.5. The van der Waals surface area contributed by atoms with Crippen molar-refractivity contribution >= 4 is 0 Å². The van der Waals surface area contributed by atoms with Gasteiger partial charge in [-0.15, -0.1) is 0 Å². The molecule has 0 aromatic heterocycles. The third-order valence-corrected chi connectivity index (χ3v) is 4.78. The molecule has 0 aromatic carbocycles. The molecule has 4 nitrogen and oxygen atoms in total. The van der Waals surface area contributed by atoms with E-state index in [1.54, 1.807) is 0 Å². The lowest BCUT2D eigenvalue weighted by Crippen LogP contribution is -2.49. The van der Waals surface area contributed by atoms with E-state index in [0.717, 1.165) is 39.3 Å². The summed E-state index contributed by atoms with van der Waals surface area (Å²) in [4.78, 5) is 2.48. The molecule has 0 aliphatic carbocycles. The van der Waals surface area contributed by atoms with Gasteiger partial charge in [0.1, 0.15) is 0 Å². The number of likely N-dealkylation sites (tertiary alicyclic amines) is 1. The monoisotopic (exact) mass is 270 g/mol. The Morgan fingerprint density at radius 2 is 2.21 bits per heavy atom. The van der Waals surface area contributed by atoms with Crippen LogP contribution in [0.4, 0.5) is 0 Å². The van der Waals surface area contributed by atoms with Crippen molar-refractivity contribution in [3.8, 4) is 0 Å². The maximum atomic E-state index is 9.56. The molecule has 2 aliphatic heterocycles. The van der Waals surface area contributed by atoms with Crippen LogP contribution in [0.5, 0.6) is 0 Å². The van der Waals surface area contributed by atoms with Gasteiger partial charge >= 0.3 is 0 Å². The van der Waals surface area contributed by atoms with Crippen LogP contribution in [0.2, 0.25) is 0 Å². The molecule has 0 saturated carbocycles. The third kappa shape index (κ3) is 3.91. The van der Waals surface area contributed by atoms with E-state index in [9.17, 15) is 5.11 Å². The lowest BCUT2D eigenvalue weighted by Gasteiger charge is -2.36. The molecule has 2 saturated heterocycles. The topological polar surface area (TPSA) is 44.7 Å². The van der Waals surface area contributed by atoms with Crippen molar-refractivity contribution in [2.24, 2.45) is 11.8 Å². The SMILES string of the molecule is CCCNC1CCOCC1CN1CCC(C)C1CO. The number of hydrogen-bond donors (Lipinski definition) is 2. The number of aliphatic hydroxyl groups excluding tert-OH is 1. The second-order valence-electron chi connectivity index (χ2n) is 6.20. The number of nitrogens with zero attached hydrogens (tertiary/aromatic N) is 1. The summed E-state index contributed by atoms with van der Waals surface area (Å²) < 4.78 is 5.67. The Morgan fingerprint density at radius 3 is 2.95 bits per heavy atom. The third-order valence-electron chi connectivity index (χ3n) is 4.78. The van der Waals surface area contributed by atoms with Gasteiger partial charge in [-0.25, -0.2) is 0 Å². The number of rotatable bonds is 6. The van der Waals surface area contributed by atoms with Crippen LogP contribution < -0.4 is 5.32 Å². The van der Waals surface area contributed by atoms with Crippen molar-refractivity contribution in [2.45, 2.75) is 45.2 Å². The number of nitrogens with one attached hydrogen (secondary N) is 1. The molecule has 2 fully saturated rings. The predicted molar refractivity (Wildman–Crippen MR) is 77.2 cm³/mol. The fourth-order valence-electron chi connectivity index (χ4n) is 3.49. The Balaban J connectivity index is 1.88. The minimum atomic E-state index is 0.293. The summed E-state index contributed by atoms with van der Waals surface area (Å²) >= 11 is 0. The van der Waals surface area contributed by atoms with Gasteiger partial charge in [0.05, 0.1) is 13.2 Å². The quantitative estimate of drug-likeness (QED) is 0.758. The Kier molecular flexibility index (Phi) is 6.07. The average Bonchev–Trinajstić information content (AvgIpc) is 2.78. The Labute approximate surface area is 117 Å². The van der Waals surface area contributed by atoms with E-state index in [1.807, 2.05) is 0 Å². The van der Waals surface area contributed by atoms with Crippen molar-refractivity contribution in [1.29, 1.82) is 0 Å². The smallest absolute Gasteiger partial charge is 0.0589 e. The molecule has 4 heteroatoms. The van der Waals surface area contributed by atoms with E-state index < -0.39 is 0 Å². The van der Waals surface area contributed by atoms with Crippen molar-refractivity contribution in [2.75, 3.05) is 39.5 Å². The second kappa shape index (κ2) is 7.58. The van der Waals surface area contributed by atoms with Crippen LogP contribution in [0, 0.1) is 11.8 Å². The highest BCUT2D eigenvalue weighted by Gasteiger charge is 2.34. The van der Waals surface area contributed by atoms with Gasteiger partial charge in [-0.3, -0.25) is 4.90 Å². The minimum absolute atomic E-state index is 0.293. The van der Waals surface area contributed by atoms with Crippen LogP contribution in [-0.2, 0) is 4.74 Å². The molecule has 0 bridgehead atoms. The maximum Gasteiger partial charge on any atom is 0.0589 e. The molecule has 0 radical (unpaired) electrons. The molecule has 2 aliphatic rings. The average molecular weight is 270 g/mol. The summed E-state index contributed by atoms with van der Waals surface area (Å²) in [6, 6.07) is 0.942. The molecule has 4 atom stereocenters. The summed E-state index contributed by atoms with van der Waals surface area (Å²) in [5.74, 6) is 1.19. The summed E-state index contributed by atoms with van der Waals surface area (Å²) in [6.07, 6.45) is 3.52. The number of ether oxygens (including phenoxy) is 1. The summed E-state index contributed by atoms with van der Waals surface area (Å²) in [6.45, 7) is 9.81. The van der Waals surface area contributed by atoms with Gasteiger partial charge in [0.25, 0.3) is 0 Å². The fourth-order valence-corrected chi connectivity index (χ4v) is 3.49. The van der Waals surface area contributed by atoms with Crippen molar-refractivity contribution < 1.29 is 9.84 Å². The zero-order chi connectivity index (χ0) is 13.7. The summed E-state index contributed by atoms with van der Waals surface area (Å²) in [7, 11) is 0. The molecule has 0 spiro atoms. The summed E-state index contributed by atoms with van der Waals surface area (Å²) in [5.41, 5.74) is 0. The lowest BCUT2D eigenvalue weighted by atomic mass is 9.94. The lowest BCUT2D eigenvalue weighted by molar-refractivity contribution is 0.00937. The van der Waals surface area contributed by atoms with Crippen LogP contribution in [0.15, 0.2) is 0 Å². The molecule has 0 amide bonds. The first-order valence-electron chi connectivity index (χ1n) is 7.92. The Morgan fingerprint density at radius 1 is 1.37 bits per heavy atom. The van der Waals surface area contributed by atoms with Gasteiger partial charge in [0.2, 0.25) is 0 Å². The van der Waals surface area contributed by atoms with Gasteiger partial charge in [0, 0.05) is 31.2 Å². The molecule has 2 rings (SSSR count). The van der Waals surface area contributed by atoms with Gasteiger partial charge in [0.15, 0.2) is 0 Å². The van der Waals surface area contributed by atoms with E-state index >= 15 is 0 Å². The van der Waals surface area contributed by atoms with Crippen LogP contribution in [-0.4, -0.2) is 61.5 Å². The van der Waals surface area contributed by atoms with E-state index in [2.05, 4.69) is 24.1 Å². The van der Waals surface area contributed by atoms with Crippen LogP contribution >= 0.6 is 0 Å². The van der Waals surface area contributed by atoms with Crippen LogP contribution in [0.25, 0.3) is 0 Å². The maximum absolute atomic E-state index is 9.56. The fraction of sp³-hybridized carbons (Fsp3) is 1.00. The molecule has 0 aromatic rings. The molecule has 4 unspecified atom stereocenters. The first-order valence-corrected chi connectivity index (χ1v) is 7.92. The Hall–Kier alpha value is -0.160. The molecule has 2 N–H and O–H groups in total. The van der Waals surface area contributed by atoms with Crippen molar-refractivity contribution in [3.05, 3.63) is 0 Å². The molecule has 2 heterocycles. The van der Waals surface area contributed by atoms with Crippen LogP contribution in [0.3, 0.4) is 0 Å². The normalized spacial score (nSPS) is 36.8. The highest BCUT2D eigenvalue weighted by atomic mass is 16.5. The first kappa shape index (κ1) is 15.2. The van der Waals surface area contributed by atoms with E-state index in [0.29, 0.717) is 30.5 Å². The first-order chi connectivity index (χ1) is 9.26. The molecule has 112 valence electrons. The molecular formula is C15H30N2O2. The van der Waals surface area contributed by atoms with Crippen molar-refractivity contribution in [3.63, 3.8) is 0 Å². The molecule has 19 heavy (non-hydrogen) atoms. The summed E-state index contributed by atoms with van der Waals surface area (Å²) in [5, 5.41) is 13.2. The van der Waals surface area contributed by atoms with Gasteiger partial charge in [-0.1, -0.05) is 13.8 Å². The largest absolute Gasteiger partial charge is 0.395 e.